The van der Waals surface area contributed by atoms with Crippen LogP contribution in [0.3, 0.4) is 0 Å². The van der Waals surface area contributed by atoms with Gasteiger partial charge in [0.1, 0.15) is 5.37 Å². The number of ether oxygens (including phenoxy) is 3. The molecule has 1 unspecified atom stereocenters. The van der Waals surface area contributed by atoms with Crippen LogP contribution in [0.4, 0.5) is 5.69 Å². The zero-order chi connectivity index (χ0) is 18.9. The molecule has 9 heteroatoms. The topological polar surface area (TPSA) is 108 Å². The Balaban J connectivity index is 3.18. The summed E-state index contributed by atoms with van der Waals surface area (Å²) >= 11 is 0. The summed E-state index contributed by atoms with van der Waals surface area (Å²) in [4.78, 5) is 23.8. The zero-order valence-electron chi connectivity index (χ0n) is 14.4. The standard InChI is InChI=1S/C16H23NO7S/c1-22-11-7-10-13(17-12-8-5-4-6-9-12)25(20,21)14(15(18)23-2)16(19)24-3/h4-6,8-9,13-14,17H,7,10-11H2,1-3H3. The summed E-state index contributed by atoms with van der Waals surface area (Å²) in [5.74, 6) is -2.36. The van der Waals surface area contributed by atoms with Crippen LogP contribution < -0.4 is 5.32 Å². The average molecular weight is 373 g/mol. The van der Waals surface area contributed by atoms with Crippen molar-refractivity contribution in [3.8, 4) is 0 Å². The van der Waals surface area contributed by atoms with Crippen molar-refractivity contribution in [3.63, 3.8) is 0 Å². The number of sulfone groups is 1. The van der Waals surface area contributed by atoms with Gasteiger partial charge in [0.25, 0.3) is 5.25 Å². The van der Waals surface area contributed by atoms with E-state index in [0.29, 0.717) is 18.7 Å². The SMILES string of the molecule is COCCCC(Nc1ccccc1)S(=O)(=O)C(C(=O)OC)C(=O)OC. The molecule has 0 aliphatic rings. The molecular formula is C16H23NO7S. The summed E-state index contributed by atoms with van der Waals surface area (Å²) in [7, 11) is -0.756. The molecule has 0 saturated heterocycles. The van der Waals surface area contributed by atoms with Gasteiger partial charge in [-0.1, -0.05) is 18.2 Å². The Morgan fingerprint density at radius 3 is 2.08 bits per heavy atom. The maximum atomic E-state index is 12.9. The molecule has 0 heterocycles. The molecule has 1 N–H and O–H groups in total. The molecule has 1 aromatic rings. The molecule has 1 aromatic carbocycles. The minimum absolute atomic E-state index is 0.134. The first-order valence-corrected chi connectivity index (χ1v) is 9.18. The number of hydrogen-bond donors (Lipinski definition) is 1. The predicted molar refractivity (Wildman–Crippen MR) is 91.7 cm³/mol. The van der Waals surface area contributed by atoms with E-state index < -0.39 is 32.4 Å². The zero-order valence-corrected chi connectivity index (χ0v) is 15.2. The van der Waals surface area contributed by atoms with Crippen molar-refractivity contribution in [3.05, 3.63) is 30.3 Å². The molecule has 0 spiro atoms. The van der Waals surface area contributed by atoms with Crippen LogP contribution in [0.1, 0.15) is 12.8 Å². The van der Waals surface area contributed by atoms with Crippen LogP contribution in [0.2, 0.25) is 0 Å². The Bertz CT molecular complexity index is 644. The van der Waals surface area contributed by atoms with Crippen LogP contribution >= 0.6 is 0 Å². The number of nitrogens with one attached hydrogen (secondary N) is 1. The Morgan fingerprint density at radius 2 is 1.60 bits per heavy atom. The van der Waals surface area contributed by atoms with Gasteiger partial charge in [0.2, 0.25) is 0 Å². The summed E-state index contributed by atoms with van der Waals surface area (Å²) in [5, 5.41) is -0.379. The third kappa shape index (κ3) is 5.71. The van der Waals surface area contributed by atoms with Gasteiger partial charge in [-0.2, -0.15) is 0 Å². The molecule has 140 valence electrons. The largest absolute Gasteiger partial charge is 0.468 e. The van der Waals surface area contributed by atoms with E-state index in [1.165, 1.54) is 7.11 Å². The van der Waals surface area contributed by atoms with E-state index in [9.17, 15) is 18.0 Å². The monoisotopic (exact) mass is 373 g/mol. The van der Waals surface area contributed by atoms with E-state index in [1.54, 1.807) is 30.3 Å². The maximum absolute atomic E-state index is 12.9. The van der Waals surface area contributed by atoms with Gasteiger partial charge in [0.15, 0.2) is 9.84 Å². The van der Waals surface area contributed by atoms with Gasteiger partial charge >= 0.3 is 11.9 Å². The molecule has 0 amide bonds. The molecule has 0 aliphatic carbocycles. The van der Waals surface area contributed by atoms with Gasteiger partial charge in [-0.25, -0.2) is 8.42 Å². The molecule has 0 aliphatic heterocycles. The average Bonchev–Trinajstić information content (AvgIpc) is 2.61. The smallest absolute Gasteiger partial charge is 0.335 e. The first-order valence-electron chi connectivity index (χ1n) is 7.57. The van der Waals surface area contributed by atoms with Crippen molar-refractivity contribution in [1.82, 2.24) is 0 Å². The lowest BCUT2D eigenvalue weighted by Crippen LogP contribution is -2.47. The van der Waals surface area contributed by atoms with Crippen LogP contribution in [-0.4, -0.2) is 58.9 Å². The van der Waals surface area contributed by atoms with Crippen molar-refractivity contribution in [1.29, 1.82) is 0 Å². The van der Waals surface area contributed by atoms with Crippen LogP contribution in [0.25, 0.3) is 0 Å². The quantitative estimate of drug-likeness (QED) is 0.367. The van der Waals surface area contributed by atoms with E-state index in [2.05, 4.69) is 14.8 Å². The first kappa shape index (κ1) is 20.9. The fraction of sp³-hybridized carbons (Fsp3) is 0.500. The molecule has 1 atom stereocenters. The number of esters is 2. The number of carbonyl (C=O) groups excluding carboxylic acids is 2. The summed E-state index contributed by atoms with van der Waals surface area (Å²) in [5.41, 5.74) is 0.543. The highest BCUT2D eigenvalue weighted by molar-refractivity contribution is 7.94. The fourth-order valence-electron chi connectivity index (χ4n) is 2.19. The Labute approximate surface area is 147 Å². The van der Waals surface area contributed by atoms with Crippen molar-refractivity contribution in [2.24, 2.45) is 0 Å². The second kappa shape index (κ2) is 10.00. The third-order valence-electron chi connectivity index (χ3n) is 3.47. The fourth-order valence-corrected chi connectivity index (χ4v) is 4.05. The molecule has 0 aromatic heterocycles. The Morgan fingerprint density at radius 1 is 1.04 bits per heavy atom. The summed E-state index contributed by atoms with van der Waals surface area (Å²) < 4.78 is 39.7. The van der Waals surface area contributed by atoms with Gasteiger partial charge < -0.3 is 19.5 Å². The lowest BCUT2D eigenvalue weighted by molar-refractivity contribution is -0.150. The lowest BCUT2D eigenvalue weighted by Gasteiger charge is -2.23. The van der Waals surface area contributed by atoms with Gasteiger partial charge in [0.05, 0.1) is 14.2 Å². The van der Waals surface area contributed by atoms with E-state index in [4.69, 9.17) is 4.74 Å². The predicted octanol–water partition coefficient (Wildman–Crippen LogP) is 0.981. The number of anilines is 1. The second-order valence-electron chi connectivity index (χ2n) is 5.15. The first-order chi connectivity index (χ1) is 11.9. The van der Waals surface area contributed by atoms with Gasteiger partial charge in [-0.05, 0) is 25.0 Å². The molecule has 0 saturated carbocycles. The van der Waals surface area contributed by atoms with Crippen LogP contribution in [0, 0.1) is 0 Å². The molecule has 1 rings (SSSR count). The maximum Gasteiger partial charge on any atom is 0.335 e. The summed E-state index contributed by atoms with van der Waals surface area (Å²) in [6, 6.07) is 8.62. The summed E-state index contributed by atoms with van der Waals surface area (Å²) in [6.07, 6.45) is 0.546. The van der Waals surface area contributed by atoms with Crippen LogP contribution in [-0.2, 0) is 33.6 Å². The highest BCUT2D eigenvalue weighted by atomic mass is 32.2. The van der Waals surface area contributed by atoms with E-state index in [1.807, 2.05) is 0 Å². The third-order valence-corrected chi connectivity index (χ3v) is 5.66. The Kier molecular flexibility index (Phi) is 8.36. The number of carbonyl (C=O) groups is 2. The van der Waals surface area contributed by atoms with Crippen LogP contribution in [0.15, 0.2) is 30.3 Å². The number of methoxy groups -OCH3 is 3. The highest BCUT2D eigenvalue weighted by Crippen LogP contribution is 2.20. The molecular weight excluding hydrogens is 350 g/mol. The van der Waals surface area contributed by atoms with Gasteiger partial charge in [0, 0.05) is 19.4 Å². The van der Waals surface area contributed by atoms with E-state index in [0.717, 1.165) is 14.2 Å². The van der Waals surface area contributed by atoms with E-state index >= 15 is 0 Å². The Hall–Kier alpha value is -2.13. The molecule has 8 nitrogen and oxygen atoms in total. The van der Waals surface area contributed by atoms with Crippen LogP contribution in [0.5, 0.6) is 0 Å². The van der Waals surface area contributed by atoms with E-state index in [-0.39, 0.29) is 6.42 Å². The normalized spacial score (nSPS) is 12.5. The van der Waals surface area contributed by atoms with Crippen molar-refractivity contribution in [2.75, 3.05) is 33.3 Å². The molecule has 0 radical (unpaired) electrons. The summed E-state index contributed by atoms with van der Waals surface area (Å²) in [6.45, 7) is 0.337. The van der Waals surface area contributed by atoms with Gasteiger partial charge in [-0.3, -0.25) is 9.59 Å². The van der Waals surface area contributed by atoms with Crippen molar-refractivity contribution in [2.45, 2.75) is 23.5 Å². The number of rotatable bonds is 10. The minimum atomic E-state index is -4.28. The molecule has 0 fully saturated rings. The number of hydrogen-bond acceptors (Lipinski definition) is 8. The second-order valence-corrected chi connectivity index (χ2v) is 7.37. The van der Waals surface area contributed by atoms with Crippen molar-refractivity contribution < 1.29 is 32.2 Å². The minimum Gasteiger partial charge on any atom is -0.468 e. The number of benzene rings is 1. The van der Waals surface area contributed by atoms with Crippen molar-refractivity contribution >= 4 is 27.5 Å². The van der Waals surface area contributed by atoms with Gasteiger partial charge in [-0.15, -0.1) is 0 Å². The lowest BCUT2D eigenvalue weighted by atomic mass is 10.3. The molecule has 25 heavy (non-hydrogen) atoms. The highest BCUT2D eigenvalue weighted by Gasteiger charge is 2.45. The number of para-hydroxylation sites is 1. The molecule has 0 bridgehead atoms.